The molecule has 1 aromatic carbocycles. The van der Waals surface area contributed by atoms with Crippen molar-refractivity contribution in [2.45, 2.75) is 26.3 Å². The largest absolute Gasteiger partial charge is 0.427 e. The first kappa shape index (κ1) is 17.8. The number of hydrogen-bond acceptors (Lipinski definition) is 4. The Morgan fingerprint density at radius 1 is 1.04 bits per heavy atom. The normalized spacial score (nSPS) is 12.8. The molecule has 0 spiro atoms. The molecule has 5 nitrogen and oxygen atoms in total. The first-order chi connectivity index (χ1) is 12.1. The monoisotopic (exact) mass is 366 g/mol. The second-order valence-corrected chi connectivity index (χ2v) is 6.60. The number of pyridine rings is 1. The molecule has 0 radical (unpaired) electrons. The van der Waals surface area contributed by atoms with E-state index in [9.17, 15) is 22.8 Å². The van der Waals surface area contributed by atoms with E-state index in [1.807, 2.05) is 0 Å². The Labute approximate surface area is 145 Å². The van der Waals surface area contributed by atoms with Crippen molar-refractivity contribution in [1.82, 2.24) is 14.7 Å². The second-order valence-electron chi connectivity index (χ2n) is 6.60. The van der Waals surface area contributed by atoms with Gasteiger partial charge in [0, 0.05) is 18.3 Å². The molecule has 0 aromatic heterocycles. The van der Waals surface area contributed by atoms with Gasteiger partial charge in [-0.1, -0.05) is 0 Å². The Morgan fingerprint density at radius 2 is 1.65 bits per heavy atom. The minimum atomic E-state index is -1.30. The van der Waals surface area contributed by atoms with E-state index < -0.39 is 40.1 Å². The number of aromatic nitrogens is 3. The van der Waals surface area contributed by atoms with Gasteiger partial charge in [0.1, 0.15) is 28.5 Å². The van der Waals surface area contributed by atoms with Gasteiger partial charge in [-0.3, -0.25) is 4.99 Å². The van der Waals surface area contributed by atoms with E-state index in [0.29, 0.717) is 16.9 Å². The van der Waals surface area contributed by atoms with Crippen LogP contribution < -0.4 is 5.36 Å². The summed E-state index contributed by atoms with van der Waals surface area (Å²) in [7, 11) is 0. The van der Waals surface area contributed by atoms with Gasteiger partial charge in [-0.15, -0.1) is 0 Å². The highest BCUT2D eigenvalue weighted by atomic mass is 19.1. The molecule has 0 aliphatic carbocycles. The molecule has 3 rings (SSSR count). The average Bonchev–Trinajstić information content (AvgIpc) is 2.49. The lowest BCUT2D eigenvalue weighted by molar-refractivity contribution is 0.184. The van der Waals surface area contributed by atoms with Gasteiger partial charge in [0.05, 0.1) is 22.9 Å². The number of fused-ring (bicyclic) bond motifs is 1. The summed E-state index contributed by atoms with van der Waals surface area (Å²) in [5, 5.41) is 9.63. The molecular weight excluding hydrogens is 352 g/mol. The summed E-state index contributed by atoms with van der Waals surface area (Å²) >= 11 is 0. The van der Waals surface area contributed by atoms with Crippen LogP contribution in [0.5, 0.6) is 0 Å². The van der Waals surface area contributed by atoms with Crippen molar-refractivity contribution >= 4 is 0 Å². The third-order valence-electron chi connectivity index (χ3n) is 3.42. The fraction of sp³-hybridized carbons (Fsp3) is 0.235. The van der Waals surface area contributed by atoms with Crippen LogP contribution in [-0.4, -0.2) is 25.4 Å². The molecule has 1 aromatic rings. The van der Waals surface area contributed by atoms with E-state index in [4.69, 9.17) is 0 Å². The van der Waals surface area contributed by atoms with Crippen molar-refractivity contribution in [2.24, 2.45) is 4.99 Å². The first-order valence-corrected chi connectivity index (χ1v) is 7.55. The van der Waals surface area contributed by atoms with Crippen molar-refractivity contribution in [3.63, 3.8) is 0 Å². The predicted octanol–water partition coefficient (Wildman–Crippen LogP) is 3.54. The number of halogens is 4. The molecular formula is C17H14F4N4O. The minimum Gasteiger partial charge on any atom is -0.427 e. The first-order valence-electron chi connectivity index (χ1n) is 7.55. The molecule has 0 unspecified atom stereocenters. The summed E-state index contributed by atoms with van der Waals surface area (Å²) in [6.07, 6.45) is 2.32. The second kappa shape index (κ2) is 6.08. The average molecular weight is 366 g/mol. The Hall–Kier alpha value is -2.97. The van der Waals surface area contributed by atoms with E-state index in [0.717, 1.165) is 6.20 Å². The summed E-state index contributed by atoms with van der Waals surface area (Å²) < 4.78 is 57.1. The van der Waals surface area contributed by atoms with Gasteiger partial charge in [0.2, 0.25) is 5.95 Å². The van der Waals surface area contributed by atoms with Crippen LogP contribution in [0.25, 0.3) is 22.6 Å². The van der Waals surface area contributed by atoms with Crippen LogP contribution >= 0.6 is 0 Å². The van der Waals surface area contributed by atoms with E-state index in [1.54, 1.807) is 20.8 Å². The zero-order valence-electron chi connectivity index (χ0n) is 14.1. The van der Waals surface area contributed by atoms with E-state index >= 15 is 0 Å². The zero-order valence-corrected chi connectivity index (χ0v) is 14.1. The Morgan fingerprint density at radius 3 is 2.23 bits per heavy atom. The summed E-state index contributed by atoms with van der Waals surface area (Å²) in [4.78, 5) is 11.9. The maximum atomic E-state index is 14.7. The lowest BCUT2D eigenvalue weighted by Crippen LogP contribution is -2.26. The number of benzene rings is 1. The molecule has 2 aliphatic rings. The van der Waals surface area contributed by atoms with Crippen LogP contribution in [0.2, 0.25) is 0 Å². The molecule has 0 amide bonds. The molecule has 0 saturated heterocycles. The fourth-order valence-corrected chi connectivity index (χ4v) is 2.49. The van der Waals surface area contributed by atoms with E-state index in [-0.39, 0.29) is 16.9 Å². The van der Waals surface area contributed by atoms with Gasteiger partial charge in [0.15, 0.2) is 5.82 Å². The zero-order chi connectivity index (χ0) is 19.2. The summed E-state index contributed by atoms with van der Waals surface area (Å²) in [5.74, 6) is -5.31. The van der Waals surface area contributed by atoms with Crippen LogP contribution in [0, 0.1) is 23.4 Å². The van der Waals surface area contributed by atoms with Gasteiger partial charge >= 0.3 is 0 Å². The molecule has 0 saturated carbocycles. The van der Waals surface area contributed by atoms with Crippen molar-refractivity contribution in [3.05, 3.63) is 53.3 Å². The Bertz CT molecular complexity index is 1020. The van der Waals surface area contributed by atoms with E-state index in [2.05, 4.69) is 15.0 Å². The van der Waals surface area contributed by atoms with Gasteiger partial charge in [-0.25, -0.2) is 18.2 Å². The molecule has 2 aliphatic heterocycles. The van der Waals surface area contributed by atoms with Crippen LogP contribution in [0.4, 0.5) is 17.6 Å². The molecule has 2 heterocycles. The van der Waals surface area contributed by atoms with Crippen molar-refractivity contribution in [1.29, 1.82) is 0 Å². The van der Waals surface area contributed by atoms with Crippen LogP contribution in [0.1, 0.15) is 20.8 Å². The lowest BCUT2D eigenvalue weighted by atomic mass is 10.0. The number of nitrogens with zero attached hydrogens (tertiary/aromatic N) is 4. The van der Waals surface area contributed by atoms with Crippen LogP contribution in [0.3, 0.4) is 0 Å². The SMILES string of the molecule is CC(C)(C)N=c1c2nccn(O)c-2nc(F)c1-c1c(F)cc(F)cc1F. The van der Waals surface area contributed by atoms with Crippen molar-refractivity contribution in [2.75, 3.05) is 0 Å². The Kier molecular flexibility index (Phi) is 4.17. The standard InChI is InChI=1S/C17H14F4N4O/c1-17(2,3)24-13-12(11-9(19)6-8(18)7-10(11)20)15(21)23-16-14(13)22-4-5-25(16)26/h4-7,26H,1-3H3. The van der Waals surface area contributed by atoms with Gasteiger partial charge < -0.3 is 5.21 Å². The number of rotatable bonds is 1. The molecule has 1 N–H and O–H groups in total. The maximum Gasteiger partial charge on any atom is 0.225 e. The summed E-state index contributed by atoms with van der Waals surface area (Å²) in [6.45, 7) is 5.07. The van der Waals surface area contributed by atoms with Crippen molar-refractivity contribution in [3.8, 4) is 22.6 Å². The summed E-state index contributed by atoms with van der Waals surface area (Å²) in [6, 6.07) is 0.876. The van der Waals surface area contributed by atoms with Gasteiger partial charge in [-0.05, 0) is 20.8 Å². The van der Waals surface area contributed by atoms with Gasteiger partial charge in [0.25, 0.3) is 0 Å². The molecule has 0 fully saturated rings. The summed E-state index contributed by atoms with van der Waals surface area (Å²) in [5.41, 5.74) is -2.25. The molecule has 9 heteroatoms. The maximum absolute atomic E-state index is 14.7. The van der Waals surface area contributed by atoms with Crippen molar-refractivity contribution < 1.29 is 22.8 Å². The lowest BCUT2D eigenvalue weighted by Gasteiger charge is -2.17. The topological polar surface area (TPSA) is 63.3 Å². The fourth-order valence-electron chi connectivity index (χ4n) is 2.49. The molecule has 0 atom stereocenters. The third-order valence-corrected chi connectivity index (χ3v) is 3.42. The van der Waals surface area contributed by atoms with Crippen LogP contribution in [0.15, 0.2) is 29.5 Å². The molecule has 136 valence electrons. The predicted molar refractivity (Wildman–Crippen MR) is 84.4 cm³/mol. The third kappa shape index (κ3) is 3.12. The molecule has 0 bridgehead atoms. The smallest absolute Gasteiger partial charge is 0.225 e. The minimum absolute atomic E-state index is 0.0653. The quantitative estimate of drug-likeness (QED) is 0.407. The molecule has 26 heavy (non-hydrogen) atoms. The highest BCUT2D eigenvalue weighted by Crippen LogP contribution is 2.29. The highest BCUT2D eigenvalue weighted by molar-refractivity contribution is 5.70. The van der Waals surface area contributed by atoms with Crippen LogP contribution in [-0.2, 0) is 0 Å². The Balaban J connectivity index is 2.55. The highest BCUT2D eigenvalue weighted by Gasteiger charge is 2.26. The van der Waals surface area contributed by atoms with E-state index in [1.165, 1.54) is 6.20 Å². The van der Waals surface area contributed by atoms with Gasteiger partial charge in [-0.2, -0.15) is 14.1 Å². The number of hydrogen-bond donors (Lipinski definition) is 1.